The Morgan fingerprint density at radius 2 is 1.83 bits per heavy atom. The summed E-state index contributed by atoms with van der Waals surface area (Å²) in [5.74, 6) is 0.346. The quantitative estimate of drug-likeness (QED) is 0.684. The minimum Gasteiger partial charge on any atom is -0.385 e. The topological polar surface area (TPSA) is 52.1 Å². The smallest absolute Gasteiger partial charge is 0.137 e. The van der Waals surface area contributed by atoms with E-state index in [9.17, 15) is 9.50 Å². The summed E-state index contributed by atoms with van der Waals surface area (Å²) in [5, 5.41) is 12.6. The van der Waals surface area contributed by atoms with E-state index in [-0.39, 0.29) is 17.9 Å². The number of aromatic amines is 1. The van der Waals surface area contributed by atoms with Crippen LogP contribution < -0.4 is 0 Å². The predicted octanol–water partition coefficient (Wildman–Crippen LogP) is 4.59. The Morgan fingerprint density at radius 1 is 1.07 bits per heavy atom. The summed E-state index contributed by atoms with van der Waals surface area (Å²) in [7, 11) is 0. The molecule has 0 spiro atoms. The molecule has 4 nitrogen and oxygen atoms in total. The van der Waals surface area contributed by atoms with Crippen LogP contribution in [0.3, 0.4) is 0 Å². The van der Waals surface area contributed by atoms with Crippen molar-refractivity contribution in [3.8, 4) is 0 Å². The average Bonchev–Trinajstić information content (AvgIpc) is 3.45. The second-order valence-electron chi connectivity index (χ2n) is 9.17. The highest BCUT2D eigenvalue weighted by atomic mass is 19.1. The van der Waals surface area contributed by atoms with Crippen LogP contribution in [0.1, 0.15) is 61.3 Å². The van der Waals surface area contributed by atoms with Crippen LogP contribution in [0, 0.1) is 5.82 Å². The molecule has 6 rings (SSSR count). The standard InChI is InChI=1S/C24H26FN3O/c25-21-6-2-1-5-20(21)24(29)12-16-9-10-17(13-24)28(16)14-19-18-4-3-11-26-23(18)27-22(19)15-7-8-15/h1-6,11,15-17,29H,7-10,12-14H2,(H,26,27)/t16-,17-/m0/s1. The van der Waals surface area contributed by atoms with Gasteiger partial charge < -0.3 is 10.1 Å². The molecule has 5 heteroatoms. The molecule has 1 aromatic carbocycles. The maximum Gasteiger partial charge on any atom is 0.137 e. The number of aromatic nitrogens is 2. The third-order valence-corrected chi connectivity index (χ3v) is 7.33. The minimum atomic E-state index is -1.06. The van der Waals surface area contributed by atoms with Crippen molar-refractivity contribution in [3.05, 3.63) is 65.2 Å². The largest absolute Gasteiger partial charge is 0.385 e. The lowest BCUT2D eigenvalue weighted by atomic mass is 9.80. The Morgan fingerprint density at radius 3 is 2.55 bits per heavy atom. The highest BCUT2D eigenvalue weighted by Crippen LogP contribution is 2.48. The van der Waals surface area contributed by atoms with Crippen LogP contribution in [0.25, 0.3) is 11.0 Å². The molecule has 3 fully saturated rings. The summed E-state index contributed by atoms with van der Waals surface area (Å²) in [4.78, 5) is 10.7. The fraction of sp³-hybridized carbons (Fsp3) is 0.458. The van der Waals surface area contributed by atoms with Gasteiger partial charge in [-0.25, -0.2) is 9.37 Å². The van der Waals surface area contributed by atoms with Gasteiger partial charge in [-0.1, -0.05) is 18.2 Å². The number of rotatable bonds is 4. The number of pyridine rings is 1. The van der Waals surface area contributed by atoms with Crippen molar-refractivity contribution in [2.45, 2.75) is 68.7 Å². The lowest BCUT2D eigenvalue weighted by Crippen LogP contribution is -2.49. The first-order chi connectivity index (χ1) is 14.1. The normalized spacial score (nSPS) is 29.6. The summed E-state index contributed by atoms with van der Waals surface area (Å²) in [6.45, 7) is 0.889. The molecule has 3 aromatic rings. The van der Waals surface area contributed by atoms with Crippen LogP contribution >= 0.6 is 0 Å². The van der Waals surface area contributed by atoms with Crippen molar-refractivity contribution in [2.24, 2.45) is 0 Å². The highest BCUT2D eigenvalue weighted by Gasteiger charge is 2.49. The van der Waals surface area contributed by atoms with E-state index in [1.54, 1.807) is 12.1 Å². The van der Waals surface area contributed by atoms with E-state index in [1.165, 1.54) is 35.6 Å². The van der Waals surface area contributed by atoms with E-state index in [1.807, 2.05) is 18.3 Å². The zero-order chi connectivity index (χ0) is 19.6. The first kappa shape index (κ1) is 17.6. The van der Waals surface area contributed by atoms with E-state index in [0.29, 0.717) is 24.3 Å². The van der Waals surface area contributed by atoms with Gasteiger partial charge in [-0.05, 0) is 68.2 Å². The summed E-state index contributed by atoms with van der Waals surface area (Å²) < 4.78 is 14.4. The molecule has 0 amide bonds. The lowest BCUT2D eigenvalue weighted by Gasteiger charge is -2.44. The van der Waals surface area contributed by atoms with Crippen LogP contribution in [-0.4, -0.2) is 32.1 Å². The number of halogens is 1. The number of fused-ring (bicyclic) bond motifs is 3. The van der Waals surface area contributed by atoms with Crippen molar-refractivity contribution in [1.29, 1.82) is 0 Å². The number of H-pyrrole nitrogens is 1. The molecule has 0 unspecified atom stereocenters. The summed E-state index contributed by atoms with van der Waals surface area (Å²) in [6.07, 6.45) is 7.69. The lowest BCUT2D eigenvalue weighted by molar-refractivity contribution is -0.0615. The van der Waals surface area contributed by atoms with Crippen molar-refractivity contribution in [1.82, 2.24) is 14.9 Å². The number of aliphatic hydroxyl groups is 1. The molecule has 1 aliphatic carbocycles. The molecule has 2 atom stereocenters. The molecule has 2 aliphatic heterocycles. The molecule has 0 radical (unpaired) electrons. The van der Waals surface area contributed by atoms with Crippen LogP contribution in [-0.2, 0) is 12.1 Å². The molecular weight excluding hydrogens is 365 g/mol. The molecule has 2 aromatic heterocycles. The summed E-state index contributed by atoms with van der Waals surface area (Å²) in [6, 6.07) is 11.5. The Balaban J connectivity index is 1.32. The number of piperidine rings is 1. The van der Waals surface area contributed by atoms with E-state index >= 15 is 0 Å². The SMILES string of the molecule is OC1(c2ccccc2F)C[C@@H]2CC[C@@H](C1)N2Cc1c(C2CC2)[nH]c2ncccc12. The molecule has 29 heavy (non-hydrogen) atoms. The Hall–Kier alpha value is -2.24. The van der Waals surface area contributed by atoms with Crippen molar-refractivity contribution < 1.29 is 9.50 Å². The van der Waals surface area contributed by atoms with Gasteiger partial charge in [-0.15, -0.1) is 0 Å². The number of hydrogen-bond acceptors (Lipinski definition) is 3. The molecule has 4 heterocycles. The fourth-order valence-corrected chi connectivity index (χ4v) is 5.80. The molecular formula is C24H26FN3O. The molecule has 3 aliphatic rings. The maximum atomic E-state index is 14.4. The van der Waals surface area contributed by atoms with E-state index in [2.05, 4.69) is 20.9 Å². The summed E-state index contributed by atoms with van der Waals surface area (Å²) >= 11 is 0. The maximum absolute atomic E-state index is 14.4. The van der Waals surface area contributed by atoms with Crippen molar-refractivity contribution >= 4 is 11.0 Å². The zero-order valence-corrected chi connectivity index (χ0v) is 16.4. The van der Waals surface area contributed by atoms with Gasteiger partial charge in [-0.2, -0.15) is 0 Å². The molecule has 2 bridgehead atoms. The van der Waals surface area contributed by atoms with Gasteiger partial charge in [0.2, 0.25) is 0 Å². The predicted molar refractivity (Wildman–Crippen MR) is 110 cm³/mol. The third-order valence-electron chi connectivity index (χ3n) is 7.33. The number of hydrogen-bond donors (Lipinski definition) is 2. The van der Waals surface area contributed by atoms with Gasteiger partial charge in [0.15, 0.2) is 0 Å². The highest BCUT2D eigenvalue weighted by molar-refractivity contribution is 5.81. The third kappa shape index (κ3) is 2.82. The Bertz CT molecular complexity index is 1060. The second kappa shape index (κ2) is 6.38. The van der Waals surface area contributed by atoms with Gasteiger partial charge in [0, 0.05) is 41.5 Å². The monoisotopic (exact) mass is 391 g/mol. The van der Waals surface area contributed by atoms with E-state index < -0.39 is 5.60 Å². The number of benzene rings is 1. The molecule has 2 saturated heterocycles. The van der Waals surface area contributed by atoms with E-state index in [0.717, 1.165) is 25.0 Å². The van der Waals surface area contributed by atoms with Gasteiger partial charge >= 0.3 is 0 Å². The van der Waals surface area contributed by atoms with E-state index in [4.69, 9.17) is 0 Å². The van der Waals surface area contributed by atoms with Gasteiger partial charge in [0.1, 0.15) is 11.5 Å². The second-order valence-corrected chi connectivity index (χ2v) is 9.17. The summed E-state index contributed by atoms with van der Waals surface area (Å²) in [5.41, 5.74) is 3.12. The molecule has 150 valence electrons. The zero-order valence-electron chi connectivity index (χ0n) is 16.4. The Kier molecular flexibility index (Phi) is 3.87. The van der Waals surface area contributed by atoms with Gasteiger partial charge in [0.05, 0.1) is 5.60 Å². The van der Waals surface area contributed by atoms with Crippen LogP contribution in [0.4, 0.5) is 4.39 Å². The average molecular weight is 391 g/mol. The van der Waals surface area contributed by atoms with Crippen molar-refractivity contribution in [3.63, 3.8) is 0 Å². The molecule has 1 saturated carbocycles. The molecule has 2 N–H and O–H groups in total. The minimum absolute atomic E-state index is 0.284. The fourth-order valence-electron chi connectivity index (χ4n) is 5.80. The van der Waals surface area contributed by atoms with Crippen LogP contribution in [0.5, 0.6) is 0 Å². The van der Waals surface area contributed by atoms with Gasteiger partial charge in [-0.3, -0.25) is 4.90 Å². The number of nitrogens with zero attached hydrogens (tertiary/aromatic N) is 2. The first-order valence-corrected chi connectivity index (χ1v) is 10.8. The van der Waals surface area contributed by atoms with Gasteiger partial charge in [0.25, 0.3) is 0 Å². The van der Waals surface area contributed by atoms with Crippen molar-refractivity contribution in [2.75, 3.05) is 0 Å². The Labute approximate surface area is 169 Å². The number of nitrogens with one attached hydrogen (secondary N) is 1. The van der Waals surface area contributed by atoms with Crippen LogP contribution in [0.15, 0.2) is 42.6 Å². The first-order valence-electron chi connectivity index (χ1n) is 10.8. The van der Waals surface area contributed by atoms with Crippen LogP contribution in [0.2, 0.25) is 0 Å².